The van der Waals surface area contributed by atoms with Crippen molar-refractivity contribution >= 4 is 21.6 Å². The summed E-state index contributed by atoms with van der Waals surface area (Å²) in [5, 5.41) is 0. The van der Waals surface area contributed by atoms with Crippen LogP contribution in [0.3, 0.4) is 0 Å². The average Bonchev–Trinajstić information content (AvgIpc) is 3.35. The van der Waals surface area contributed by atoms with Gasteiger partial charge >= 0.3 is 0 Å². The molecule has 2 aromatic rings. The minimum absolute atomic E-state index is 0.0608. The van der Waals surface area contributed by atoms with Crippen molar-refractivity contribution in [1.29, 1.82) is 0 Å². The van der Waals surface area contributed by atoms with Crippen molar-refractivity contribution in [3.8, 4) is 0 Å². The second-order valence-corrected chi connectivity index (χ2v) is 9.38. The van der Waals surface area contributed by atoms with Crippen molar-refractivity contribution in [2.75, 3.05) is 11.4 Å². The number of nitrogens with one attached hydrogen (secondary N) is 1. The number of rotatable bonds is 6. The fraction of sp³-hybridized carbons (Fsp3) is 0.409. The number of para-hydroxylation sites is 1. The Morgan fingerprint density at radius 1 is 1.04 bits per heavy atom. The van der Waals surface area contributed by atoms with Crippen LogP contribution in [0.4, 0.5) is 5.69 Å². The highest BCUT2D eigenvalue weighted by Crippen LogP contribution is 2.28. The number of nitrogens with zero attached hydrogens (tertiary/aromatic N) is 1. The molecule has 0 aromatic heterocycles. The van der Waals surface area contributed by atoms with Gasteiger partial charge in [0.25, 0.3) is 0 Å². The molecule has 0 atom stereocenters. The smallest absolute Gasteiger partial charge is 0.240 e. The Hall–Kier alpha value is -2.18. The van der Waals surface area contributed by atoms with Crippen LogP contribution in [0.15, 0.2) is 53.4 Å². The quantitative estimate of drug-likeness (QED) is 0.811. The van der Waals surface area contributed by atoms with E-state index in [0.717, 1.165) is 49.9 Å². The molecule has 1 saturated carbocycles. The number of fused-ring (bicyclic) bond motifs is 1. The van der Waals surface area contributed by atoms with Crippen molar-refractivity contribution in [1.82, 2.24) is 4.72 Å². The van der Waals surface area contributed by atoms with Gasteiger partial charge in [0.15, 0.2) is 0 Å². The van der Waals surface area contributed by atoms with Gasteiger partial charge in [-0.25, -0.2) is 13.1 Å². The Balaban J connectivity index is 1.35. The number of carbonyl (C=O) groups is 1. The van der Waals surface area contributed by atoms with Gasteiger partial charge in [0.2, 0.25) is 15.9 Å². The largest absolute Gasteiger partial charge is 0.312 e. The molecule has 2 aliphatic rings. The van der Waals surface area contributed by atoms with Crippen LogP contribution in [-0.4, -0.2) is 26.9 Å². The Morgan fingerprint density at radius 3 is 2.50 bits per heavy atom. The van der Waals surface area contributed by atoms with Gasteiger partial charge < -0.3 is 4.90 Å². The van der Waals surface area contributed by atoms with E-state index in [1.165, 1.54) is 5.56 Å². The summed E-state index contributed by atoms with van der Waals surface area (Å²) in [5.74, 6) is 0.115. The van der Waals surface area contributed by atoms with Gasteiger partial charge in [0.05, 0.1) is 4.90 Å². The molecule has 148 valence electrons. The second-order valence-electron chi connectivity index (χ2n) is 7.67. The third-order valence-electron chi connectivity index (χ3n) is 5.73. The minimum atomic E-state index is -3.46. The lowest BCUT2D eigenvalue weighted by Crippen LogP contribution is -2.32. The number of anilines is 1. The summed E-state index contributed by atoms with van der Waals surface area (Å²) >= 11 is 0. The first-order valence-corrected chi connectivity index (χ1v) is 11.5. The molecule has 28 heavy (non-hydrogen) atoms. The van der Waals surface area contributed by atoms with Gasteiger partial charge in [0, 0.05) is 24.7 Å². The maximum absolute atomic E-state index is 12.6. The van der Waals surface area contributed by atoms with Gasteiger partial charge in [-0.3, -0.25) is 4.79 Å². The zero-order valence-corrected chi connectivity index (χ0v) is 16.7. The summed E-state index contributed by atoms with van der Waals surface area (Å²) in [7, 11) is -3.46. The lowest BCUT2D eigenvalue weighted by Gasteiger charge is -2.17. The zero-order valence-electron chi connectivity index (χ0n) is 15.9. The first-order valence-electron chi connectivity index (χ1n) is 10.0. The van der Waals surface area contributed by atoms with E-state index in [9.17, 15) is 13.2 Å². The van der Waals surface area contributed by atoms with Crippen molar-refractivity contribution in [3.63, 3.8) is 0 Å². The lowest BCUT2D eigenvalue weighted by atomic mass is 10.1. The molecule has 6 heteroatoms. The Kier molecular flexibility index (Phi) is 5.51. The van der Waals surface area contributed by atoms with Crippen molar-refractivity contribution in [2.24, 2.45) is 0 Å². The average molecular weight is 399 g/mol. The molecular weight excluding hydrogens is 372 g/mol. The zero-order chi connectivity index (χ0) is 19.6. The molecule has 0 bridgehead atoms. The molecule has 1 aliphatic carbocycles. The van der Waals surface area contributed by atoms with E-state index in [0.29, 0.717) is 17.7 Å². The SMILES string of the molecule is O=C(CCc1ccc(S(=O)(=O)NC2CCCC2)cc1)N1CCc2ccccc21. The number of amides is 1. The predicted molar refractivity (Wildman–Crippen MR) is 110 cm³/mol. The van der Waals surface area contributed by atoms with Crippen LogP contribution in [0.5, 0.6) is 0 Å². The van der Waals surface area contributed by atoms with Gasteiger partial charge in [-0.05, 0) is 55.0 Å². The molecular formula is C22H26N2O3S. The van der Waals surface area contributed by atoms with E-state index in [2.05, 4.69) is 10.8 Å². The van der Waals surface area contributed by atoms with Crippen LogP contribution < -0.4 is 9.62 Å². The molecule has 1 aliphatic heterocycles. The number of hydrogen-bond acceptors (Lipinski definition) is 3. The monoisotopic (exact) mass is 398 g/mol. The molecule has 1 N–H and O–H groups in total. The highest BCUT2D eigenvalue weighted by molar-refractivity contribution is 7.89. The lowest BCUT2D eigenvalue weighted by molar-refractivity contribution is -0.118. The van der Waals surface area contributed by atoms with Crippen LogP contribution in [0.1, 0.15) is 43.2 Å². The van der Waals surface area contributed by atoms with Crippen molar-refractivity contribution in [2.45, 2.75) is 55.9 Å². The molecule has 5 nitrogen and oxygen atoms in total. The van der Waals surface area contributed by atoms with Crippen LogP contribution in [-0.2, 0) is 27.7 Å². The molecule has 4 rings (SSSR count). The first-order chi connectivity index (χ1) is 13.5. The minimum Gasteiger partial charge on any atom is -0.312 e. The van der Waals surface area contributed by atoms with Crippen LogP contribution in [0.2, 0.25) is 0 Å². The predicted octanol–water partition coefficient (Wildman–Crippen LogP) is 3.43. The Labute approximate surface area is 166 Å². The fourth-order valence-electron chi connectivity index (χ4n) is 4.15. The molecule has 1 amide bonds. The molecule has 2 aromatic carbocycles. The molecule has 0 unspecified atom stereocenters. The molecule has 1 fully saturated rings. The van der Waals surface area contributed by atoms with E-state index in [1.807, 2.05) is 35.2 Å². The summed E-state index contributed by atoms with van der Waals surface area (Å²) in [4.78, 5) is 14.8. The van der Waals surface area contributed by atoms with Gasteiger partial charge in [-0.1, -0.05) is 43.2 Å². The Bertz CT molecular complexity index is 948. The van der Waals surface area contributed by atoms with Crippen LogP contribution in [0.25, 0.3) is 0 Å². The number of aryl methyl sites for hydroxylation is 1. The van der Waals surface area contributed by atoms with E-state index in [4.69, 9.17) is 0 Å². The second kappa shape index (κ2) is 8.05. The van der Waals surface area contributed by atoms with E-state index in [-0.39, 0.29) is 11.9 Å². The van der Waals surface area contributed by atoms with Crippen molar-refractivity contribution in [3.05, 3.63) is 59.7 Å². The molecule has 1 heterocycles. The topological polar surface area (TPSA) is 66.5 Å². The van der Waals surface area contributed by atoms with Gasteiger partial charge in [0.1, 0.15) is 0 Å². The summed E-state index contributed by atoms with van der Waals surface area (Å²) in [6.45, 7) is 0.738. The summed E-state index contributed by atoms with van der Waals surface area (Å²) in [6, 6.07) is 15.0. The molecule has 0 spiro atoms. The fourth-order valence-corrected chi connectivity index (χ4v) is 5.45. The van der Waals surface area contributed by atoms with Gasteiger partial charge in [-0.15, -0.1) is 0 Å². The highest BCUT2D eigenvalue weighted by Gasteiger charge is 2.24. The third kappa shape index (κ3) is 4.13. The maximum Gasteiger partial charge on any atom is 0.240 e. The van der Waals surface area contributed by atoms with Crippen molar-refractivity contribution < 1.29 is 13.2 Å². The Morgan fingerprint density at radius 2 is 1.75 bits per heavy atom. The molecule has 0 saturated heterocycles. The van der Waals surface area contributed by atoms with Crippen LogP contribution in [0, 0.1) is 0 Å². The number of carbonyl (C=O) groups excluding carboxylic acids is 1. The summed E-state index contributed by atoms with van der Waals surface area (Å²) in [6.07, 6.45) is 5.93. The number of benzene rings is 2. The van der Waals surface area contributed by atoms with E-state index >= 15 is 0 Å². The maximum atomic E-state index is 12.6. The number of hydrogen-bond donors (Lipinski definition) is 1. The van der Waals surface area contributed by atoms with E-state index in [1.54, 1.807) is 12.1 Å². The third-order valence-corrected chi connectivity index (χ3v) is 7.26. The number of sulfonamides is 1. The van der Waals surface area contributed by atoms with Crippen LogP contribution >= 0.6 is 0 Å². The van der Waals surface area contributed by atoms with Gasteiger partial charge in [-0.2, -0.15) is 0 Å². The molecule has 0 radical (unpaired) electrons. The van der Waals surface area contributed by atoms with E-state index < -0.39 is 10.0 Å². The summed E-state index contributed by atoms with van der Waals surface area (Å²) < 4.78 is 27.8. The normalized spacial score (nSPS) is 17.1. The standard InChI is InChI=1S/C22H26N2O3S/c25-22(24-16-15-18-5-1-4-8-21(18)24)14-11-17-9-12-20(13-10-17)28(26,27)23-19-6-2-3-7-19/h1,4-5,8-10,12-13,19,23H,2-3,6-7,11,14-16H2. The summed E-state index contributed by atoms with van der Waals surface area (Å²) in [5.41, 5.74) is 3.22. The highest BCUT2D eigenvalue weighted by atomic mass is 32.2. The first kappa shape index (κ1) is 19.2.